The van der Waals surface area contributed by atoms with Gasteiger partial charge in [0.1, 0.15) is 5.82 Å². The fraction of sp³-hybridized carbons (Fsp3) is 0.125. The molecule has 1 N–H and O–H groups in total. The van der Waals surface area contributed by atoms with Crippen molar-refractivity contribution < 1.29 is 23.8 Å². The van der Waals surface area contributed by atoms with Crippen LogP contribution in [0, 0.1) is 5.82 Å². The van der Waals surface area contributed by atoms with E-state index in [1.54, 1.807) is 19.1 Å². The standard InChI is InChI=1S/C16H13FO4/c1-2-21-16(20)11-5-3-10(4-6-11)14-9-12(17)7-8-13(14)15(18)19/h3-9H,2H2,1H3,(H,18,19). The van der Waals surface area contributed by atoms with Crippen molar-refractivity contribution in [1.29, 1.82) is 0 Å². The van der Waals surface area contributed by atoms with Crippen LogP contribution in [0.3, 0.4) is 0 Å². The first-order chi connectivity index (χ1) is 10.0. The van der Waals surface area contributed by atoms with Crippen LogP contribution in [0.25, 0.3) is 11.1 Å². The molecule has 0 saturated carbocycles. The Hall–Kier alpha value is -2.69. The van der Waals surface area contributed by atoms with Crippen LogP contribution < -0.4 is 0 Å². The van der Waals surface area contributed by atoms with Crippen LogP contribution in [-0.4, -0.2) is 23.7 Å². The summed E-state index contributed by atoms with van der Waals surface area (Å²) in [7, 11) is 0. The monoisotopic (exact) mass is 288 g/mol. The summed E-state index contributed by atoms with van der Waals surface area (Å²) in [5, 5.41) is 9.13. The summed E-state index contributed by atoms with van der Waals surface area (Å²) < 4.78 is 18.2. The van der Waals surface area contributed by atoms with Crippen molar-refractivity contribution in [3.8, 4) is 11.1 Å². The minimum Gasteiger partial charge on any atom is -0.478 e. The normalized spacial score (nSPS) is 10.2. The average molecular weight is 288 g/mol. The van der Waals surface area contributed by atoms with E-state index in [1.807, 2.05) is 0 Å². The number of benzene rings is 2. The first kappa shape index (κ1) is 14.7. The number of halogens is 1. The van der Waals surface area contributed by atoms with Gasteiger partial charge >= 0.3 is 11.9 Å². The third-order valence-electron chi connectivity index (χ3n) is 2.92. The SMILES string of the molecule is CCOC(=O)c1ccc(-c2cc(F)ccc2C(=O)O)cc1. The number of carboxylic acids is 1. The Morgan fingerprint density at radius 1 is 1.14 bits per heavy atom. The van der Waals surface area contributed by atoms with E-state index in [1.165, 1.54) is 18.2 Å². The highest BCUT2D eigenvalue weighted by atomic mass is 19.1. The number of carbonyl (C=O) groups excluding carboxylic acids is 1. The van der Waals surface area contributed by atoms with Crippen molar-refractivity contribution in [1.82, 2.24) is 0 Å². The molecule has 0 aliphatic rings. The predicted molar refractivity (Wildman–Crippen MR) is 74.8 cm³/mol. The van der Waals surface area contributed by atoms with Gasteiger partial charge < -0.3 is 9.84 Å². The number of aromatic carboxylic acids is 1. The molecule has 0 amide bonds. The van der Waals surface area contributed by atoms with Gasteiger partial charge in [0.15, 0.2) is 0 Å². The molecule has 0 saturated heterocycles. The first-order valence-corrected chi connectivity index (χ1v) is 6.33. The maximum atomic E-state index is 13.3. The van der Waals surface area contributed by atoms with E-state index in [4.69, 9.17) is 9.84 Å². The van der Waals surface area contributed by atoms with Gasteiger partial charge in [-0.15, -0.1) is 0 Å². The summed E-state index contributed by atoms with van der Waals surface area (Å²) in [6, 6.07) is 9.63. The van der Waals surface area contributed by atoms with E-state index < -0.39 is 17.8 Å². The smallest absolute Gasteiger partial charge is 0.338 e. The average Bonchev–Trinajstić information content (AvgIpc) is 2.47. The highest BCUT2D eigenvalue weighted by Crippen LogP contribution is 2.25. The molecule has 0 spiro atoms. The number of hydrogen-bond acceptors (Lipinski definition) is 3. The van der Waals surface area contributed by atoms with Gasteiger partial charge in [-0.25, -0.2) is 14.0 Å². The Balaban J connectivity index is 2.41. The lowest BCUT2D eigenvalue weighted by molar-refractivity contribution is 0.0525. The highest BCUT2D eigenvalue weighted by molar-refractivity contribution is 5.96. The zero-order valence-electron chi connectivity index (χ0n) is 11.3. The molecule has 108 valence electrons. The lowest BCUT2D eigenvalue weighted by Gasteiger charge is -2.08. The van der Waals surface area contributed by atoms with Crippen LogP contribution in [0.15, 0.2) is 42.5 Å². The highest BCUT2D eigenvalue weighted by Gasteiger charge is 2.13. The van der Waals surface area contributed by atoms with Gasteiger partial charge in [-0.2, -0.15) is 0 Å². The van der Waals surface area contributed by atoms with Gasteiger partial charge in [-0.1, -0.05) is 12.1 Å². The topological polar surface area (TPSA) is 63.6 Å². The third kappa shape index (κ3) is 3.25. The molecule has 0 atom stereocenters. The fourth-order valence-corrected chi connectivity index (χ4v) is 1.94. The van der Waals surface area contributed by atoms with Crippen LogP contribution in [0.4, 0.5) is 4.39 Å². The zero-order valence-corrected chi connectivity index (χ0v) is 11.3. The van der Waals surface area contributed by atoms with Crippen LogP contribution in [-0.2, 0) is 4.74 Å². The molecule has 0 radical (unpaired) electrons. The molecular formula is C16H13FO4. The molecule has 2 aromatic carbocycles. The van der Waals surface area contributed by atoms with Crippen LogP contribution in [0.2, 0.25) is 0 Å². The quantitative estimate of drug-likeness (QED) is 0.876. The third-order valence-corrected chi connectivity index (χ3v) is 2.92. The molecule has 2 rings (SSSR count). The number of hydrogen-bond donors (Lipinski definition) is 1. The Morgan fingerprint density at radius 2 is 1.81 bits per heavy atom. The molecule has 4 nitrogen and oxygen atoms in total. The molecule has 0 aliphatic heterocycles. The molecular weight excluding hydrogens is 275 g/mol. The minimum atomic E-state index is -1.14. The second-order valence-electron chi connectivity index (χ2n) is 4.29. The second kappa shape index (κ2) is 6.17. The van der Waals surface area contributed by atoms with Gasteiger partial charge in [-0.05, 0) is 48.4 Å². The van der Waals surface area contributed by atoms with Crippen molar-refractivity contribution in [2.75, 3.05) is 6.61 Å². The van der Waals surface area contributed by atoms with Gasteiger partial charge in [0, 0.05) is 0 Å². The zero-order chi connectivity index (χ0) is 15.4. The lowest BCUT2D eigenvalue weighted by Crippen LogP contribution is -2.04. The molecule has 0 heterocycles. The fourth-order valence-electron chi connectivity index (χ4n) is 1.94. The van der Waals surface area contributed by atoms with Crippen molar-refractivity contribution in [2.24, 2.45) is 0 Å². The molecule has 0 aliphatic carbocycles. The number of ether oxygens (including phenoxy) is 1. The van der Waals surface area contributed by atoms with Crippen molar-refractivity contribution in [2.45, 2.75) is 6.92 Å². The van der Waals surface area contributed by atoms with E-state index in [9.17, 15) is 14.0 Å². The van der Waals surface area contributed by atoms with Gasteiger partial charge in [-0.3, -0.25) is 0 Å². The van der Waals surface area contributed by atoms with Gasteiger partial charge in [0.25, 0.3) is 0 Å². The molecule has 21 heavy (non-hydrogen) atoms. The minimum absolute atomic E-state index is 0.000264. The Labute approximate surface area is 120 Å². The number of rotatable bonds is 4. The lowest BCUT2D eigenvalue weighted by atomic mass is 9.98. The van der Waals surface area contributed by atoms with Crippen molar-refractivity contribution in [3.05, 3.63) is 59.4 Å². The summed E-state index contributed by atoms with van der Waals surface area (Å²) >= 11 is 0. The summed E-state index contributed by atoms with van der Waals surface area (Å²) in [5.74, 6) is -2.12. The van der Waals surface area contributed by atoms with E-state index >= 15 is 0 Å². The number of carbonyl (C=O) groups is 2. The largest absolute Gasteiger partial charge is 0.478 e. The number of carboxylic acid groups (broad SMARTS) is 1. The maximum absolute atomic E-state index is 13.3. The maximum Gasteiger partial charge on any atom is 0.338 e. The molecule has 0 bridgehead atoms. The van der Waals surface area contributed by atoms with Crippen molar-refractivity contribution >= 4 is 11.9 Å². The summed E-state index contributed by atoms with van der Waals surface area (Å²) in [6.07, 6.45) is 0. The predicted octanol–water partition coefficient (Wildman–Crippen LogP) is 3.37. The van der Waals surface area contributed by atoms with E-state index in [2.05, 4.69) is 0 Å². The van der Waals surface area contributed by atoms with E-state index in [0.717, 1.165) is 12.1 Å². The van der Waals surface area contributed by atoms with Crippen molar-refractivity contribution in [3.63, 3.8) is 0 Å². The summed E-state index contributed by atoms with van der Waals surface area (Å²) in [5.41, 5.74) is 1.13. The summed E-state index contributed by atoms with van der Waals surface area (Å²) in [4.78, 5) is 22.7. The van der Waals surface area contributed by atoms with Crippen LogP contribution in [0.1, 0.15) is 27.6 Å². The van der Waals surface area contributed by atoms with Crippen LogP contribution >= 0.6 is 0 Å². The molecule has 0 aromatic heterocycles. The van der Waals surface area contributed by atoms with Crippen LogP contribution in [0.5, 0.6) is 0 Å². The van der Waals surface area contributed by atoms with Gasteiger partial charge in [0.2, 0.25) is 0 Å². The first-order valence-electron chi connectivity index (χ1n) is 6.33. The summed E-state index contributed by atoms with van der Waals surface area (Å²) in [6.45, 7) is 1.98. The second-order valence-corrected chi connectivity index (χ2v) is 4.29. The molecule has 2 aromatic rings. The Morgan fingerprint density at radius 3 is 2.38 bits per heavy atom. The number of esters is 1. The Kier molecular flexibility index (Phi) is 4.33. The van der Waals surface area contributed by atoms with Gasteiger partial charge in [0.05, 0.1) is 17.7 Å². The molecule has 5 heteroatoms. The van der Waals surface area contributed by atoms with E-state index in [0.29, 0.717) is 11.1 Å². The Bertz CT molecular complexity index is 677. The van der Waals surface area contributed by atoms with E-state index in [-0.39, 0.29) is 17.7 Å². The molecule has 0 unspecified atom stereocenters. The molecule has 0 fully saturated rings.